The van der Waals surface area contributed by atoms with E-state index >= 15 is 0 Å². The van der Waals surface area contributed by atoms with E-state index in [4.69, 9.17) is 5.11 Å². The van der Waals surface area contributed by atoms with Crippen molar-refractivity contribution in [2.45, 2.75) is 18.6 Å². The van der Waals surface area contributed by atoms with Gasteiger partial charge in [0.05, 0.1) is 18.3 Å². The minimum Gasteiger partial charge on any atom is -0.478 e. The first-order chi connectivity index (χ1) is 7.59. The first-order valence-electron chi connectivity index (χ1n) is 4.88. The highest BCUT2D eigenvalue weighted by Crippen LogP contribution is 2.24. The van der Waals surface area contributed by atoms with Gasteiger partial charge in [0.25, 0.3) is 0 Å². The van der Waals surface area contributed by atoms with Crippen LogP contribution in [-0.4, -0.2) is 26.5 Å². The van der Waals surface area contributed by atoms with Crippen molar-refractivity contribution in [2.75, 3.05) is 0 Å². The maximum atomic E-state index is 14.1. The molecular weight excluding hydrogens is 211 g/mol. The van der Waals surface area contributed by atoms with Gasteiger partial charge in [-0.3, -0.25) is 4.68 Å². The summed E-state index contributed by atoms with van der Waals surface area (Å²) in [7, 11) is 0. The third kappa shape index (κ3) is 2.18. The number of hydrogen-bond donors (Lipinski definition) is 1. The quantitative estimate of drug-likeness (QED) is 0.848. The second-order valence-corrected chi connectivity index (χ2v) is 3.76. The molecule has 84 valence electrons. The molecule has 1 N–H and O–H groups in total. The number of carboxylic acid groups (broad SMARTS) is 1. The Morgan fingerprint density at radius 3 is 3.00 bits per heavy atom. The summed E-state index contributed by atoms with van der Waals surface area (Å²) >= 11 is 0. The van der Waals surface area contributed by atoms with E-state index in [1.807, 2.05) is 0 Å². The number of halogens is 1. The third-order valence-corrected chi connectivity index (χ3v) is 2.40. The summed E-state index contributed by atoms with van der Waals surface area (Å²) in [5.74, 6) is -1.06. The smallest absolute Gasteiger partial charge is 0.338 e. The van der Waals surface area contributed by atoms with Gasteiger partial charge in [0.15, 0.2) is 5.67 Å². The van der Waals surface area contributed by atoms with Crippen LogP contribution in [0.25, 0.3) is 0 Å². The van der Waals surface area contributed by atoms with Crippen LogP contribution in [0.5, 0.6) is 0 Å². The van der Waals surface area contributed by atoms with E-state index in [1.165, 1.54) is 23.2 Å². The Bertz CT molecular complexity index is 464. The number of aromatic carboxylic acids is 1. The molecule has 1 aromatic rings. The molecule has 0 fully saturated rings. The number of carbonyl (C=O) groups is 1. The number of hydrogen-bond acceptors (Lipinski definition) is 2. The Hall–Kier alpha value is -1.91. The fraction of sp³-hybridized carbons (Fsp3) is 0.273. The summed E-state index contributed by atoms with van der Waals surface area (Å²) in [6, 6.07) is 0. The van der Waals surface area contributed by atoms with E-state index in [1.54, 1.807) is 18.2 Å². The van der Waals surface area contributed by atoms with Gasteiger partial charge in [0, 0.05) is 12.6 Å². The summed E-state index contributed by atoms with van der Waals surface area (Å²) in [6.07, 6.45) is 9.46. The highest BCUT2D eigenvalue weighted by Gasteiger charge is 2.27. The van der Waals surface area contributed by atoms with Gasteiger partial charge in [0.2, 0.25) is 0 Å². The minimum absolute atomic E-state index is 0.0289. The summed E-state index contributed by atoms with van der Waals surface area (Å²) in [5.41, 5.74) is -1.41. The Labute approximate surface area is 91.7 Å². The minimum atomic E-state index is -1.48. The van der Waals surface area contributed by atoms with E-state index in [0.717, 1.165) is 0 Å². The first-order valence-corrected chi connectivity index (χ1v) is 4.88. The van der Waals surface area contributed by atoms with Crippen molar-refractivity contribution in [3.63, 3.8) is 0 Å². The van der Waals surface area contributed by atoms with Gasteiger partial charge < -0.3 is 5.11 Å². The van der Waals surface area contributed by atoms with Crippen molar-refractivity contribution in [2.24, 2.45) is 0 Å². The van der Waals surface area contributed by atoms with Crippen LogP contribution in [0.15, 0.2) is 36.7 Å². The van der Waals surface area contributed by atoms with Gasteiger partial charge in [-0.1, -0.05) is 18.2 Å². The molecule has 1 unspecified atom stereocenters. The third-order valence-electron chi connectivity index (χ3n) is 2.40. The highest BCUT2D eigenvalue weighted by atomic mass is 19.1. The molecule has 4 nitrogen and oxygen atoms in total. The van der Waals surface area contributed by atoms with Gasteiger partial charge >= 0.3 is 5.97 Å². The van der Waals surface area contributed by atoms with E-state index in [2.05, 4.69) is 5.10 Å². The van der Waals surface area contributed by atoms with Crippen LogP contribution in [0.4, 0.5) is 4.39 Å². The molecule has 0 saturated carbocycles. The standard InChI is InChI=1S/C11H11FN2O2/c12-11(4-2-1-3-5-11)8-14-7-9(6-13-14)10(15)16/h1-4,6-7H,5,8H2,(H,15,16). The van der Waals surface area contributed by atoms with Gasteiger partial charge in [-0.25, -0.2) is 9.18 Å². The summed E-state index contributed by atoms with van der Waals surface area (Å²) in [5, 5.41) is 12.5. The van der Waals surface area contributed by atoms with Crippen LogP contribution in [-0.2, 0) is 6.54 Å². The van der Waals surface area contributed by atoms with Crippen LogP contribution in [0.1, 0.15) is 16.8 Å². The molecule has 1 aromatic heterocycles. The lowest BCUT2D eigenvalue weighted by Crippen LogP contribution is -2.27. The molecule has 2 rings (SSSR count). The molecule has 0 saturated heterocycles. The van der Waals surface area contributed by atoms with Gasteiger partial charge in [-0.2, -0.15) is 5.10 Å². The molecule has 0 radical (unpaired) electrons. The van der Waals surface area contributed by atoms with Crippen molar-refractivity contribution >= 4 is 5.97 Å². The van der Waals surface area contributed by atoms with Gasteiger partial charge in [0.1, 0.15) is 0 Å². The lowest BCUT2D eigenvalue weighted by atomic mass is 9.97. The predicted molar refractivity (Wildman–Crippen MR) is 55.9 cm³/mol. The molecule has 0 amide bonds. The largest absolute Gasteiger partial charge is 0.478 e. The molecule has 1 atom stereocenters. The number of allylic oxidation sites excluding steroid dienone is 4. The Kier molecular flexibility index (Phi) is 2.60. The van der Waals surface area contributed by atoms with Crippen LogP contribution in [0.2, 0.25) is 0 Å². The zero-order chi connectivity index (χ0) is 11.6. The SMILES string of the molecule is O=C(O)c1cnn(CC2(F)C=CC=CC2)c1. The lowest BCUT2D eigenvalue weighted by Gasteiger charge is -2.21. The maximum absolute atomic E-state index is 14.1. The summed E-state index contributed by atoms with van der Waals surface area (Å²) < 4.78 is 15.4. The Morgan fingerprint density at radius 1 is 1.62 bits per heavy atom. The summed E-state index contributed by atoms with van der Waals surface area (Å²) in [4.78, 5) is 10.6. The van der Waals surface area contributed by atoms with Crippen molar-refractivity contribution in [1.82, 2.24) is 9.78 Å². The number of aromatic nitrogens is 2. The van der Waals surface area contributed by atoms with E-state index in [9.17, 15) is 9.18 Å². The number of alkyl halides is 1. The molecule has 0 bridgehead atoms. The molecule has 1 heterocycles. The van der Waals surface area contributed by atoms with Crippen molar-refractivity contribution in [3.05, 3.63) is 42.3 Å². The van der Waals surface area contributed by atoms with E-state index in [-0.39, 0.29) is 18.5 Å². The van der Waals surface area contributed by atoms with Crippen molar-refractivity contribution in [3.8, 4) is 0 Å². The van der Waals surface area contributed by atoms with Crippen LogP contribution in [0, 0.1) is 0 Å². The molecule has 1 aliphatic rings. The van der Waals surface area contributed by atoms with Gasteiger partial charge in [-0.05, 0) is 6.08 Å². The van der Waals surface area contributed by atoms with Gasteiger partial charge in [-0.15, -0.1) is 0 Å². The number of rotatable bonds is 3. The first kappa shape index (κ1) is 10.6. The van der Waals surface area contributed by atoms with Crippen molar-refractivity contribution < 1.29 is 14.3 Å². The second-order valence-electron chi connectivity index (χ2n) is 3.76. The number of nitrogens with zero attached hydrogens (tertiary/aromatic N) is 2. The average Bonchev–Trinajstić information content (AvgIpc) is 2.66. The zero-order valence-corrected chi connectivity index (χ0v) is 8.51. The number of carboxylic acids is 1. The molecule has 16 heavy (non-hydrogen) atoms. The topological polar surface area (TPSA) is 55.1 Å². The molecule has 0 spiro atoms. The highest BCUT2D eigenvalue weighted by molar-refractivity contribution is 5.86. The van der Waals surface area contributed by atoms with Crippen LogP contribution < -0.4 is 0 Å². The maximum Gasteiger partial charge on any atom is 0.338 e. The molecule has 0 aliphatic heterocycles. The van der Waals surface area contributed by atoms with Crippen molar-refractivity contribution in [1.29, 1.82) is 0 Å². The molecule has 5 heteroatoms. The predicted octanol–water partition coefficient (Wildman–Crippen LogP) is 1.81. The normalized spacial score (nSPS) is 23.6. The molecule has 1 aliphatic carbocycles. The molecular formula is C11H11FN2O2. The molecule has 0 aromatic carbocycles. The fourth-order valence-corrected chi connectivity index (χ4v) is 1.59. The van der Waals surface area contributed by atoms with Crippen LogP contribution in [0.3, 0.4) is 0 Å². The zero-order valence-electron chi connectivity index (χ0n) is 8.51. The fourth-order valence-electron chi connectivity index (χ4n) is 1.59. The Morgan fingerprint density at radius 2 is 2.44 bits per heavy atom. The average molecular weight is 222 g/mol. The van der Waals surface area contributed by atoms with Crippen LogP contribution >= 0.6 is 0 Å². The second kappa shape index (κ2) is 3.92. The Balaban J connectivity index is 2.11. The summed E-state index contributed by atoms with van der Waals surface area (Å²) in [6.45, 7) is 0.0289. The monoisotopic (exact) mass is 222 g/mol. The lowest BCUT2D eigenvalue weighted by molar-refractivity contribution is 0.0696. The van der Waals surface area contributed by atoms with E-state index < -0.39 is 11.6 Å². The van der Waals surface area contributed by atoms with E-state index in [0.29, 0.717) is 0 Å².